The van der Waals surface area contributed by atoms with Crippen molar-refractivity contribution in [2.45, 2.75) is 25.3 Å². The molecule has 0 spiro atoms. The Hall–Kier alpha value is -2.53. The Morgan fingerprint density at radius 3 is 2.78 bits per heavy atom. The van der Waals surface area contributed by atoms with Crippen molar-refractivity contribution in [1.29, 1.82) is 0 Å². The van der Waals surface area contributed by atoms with Gasteiger partial charge >= 0.3 is 0 Å². The number of halogens is 1. The van der Waals surface area contributed by atoms with Crippen molar-refractivity contribution in [2.75, 3.05) is 26.7 Å². The van der Waals surface area contributed by atoms with Crippen LogP contribution in [-0.4, -0.2) is 53.4 Å². The topological polar surface area (TPSA) is 36.4 Å². The largest absolute Gasteiger partial charge is 0.339 e. The molecule has 1 saturated heterocycles. The molecule has 0 bridgehead atoms. The van der Waals surface area contributed by atoms with E-state index in [1.807, 2.05) is 30.3 Å². The molecule has 3 rings (SSSR count). The summed E-state index contributed by atoms with van der Waals surface area (Å²) in [5.41, 5.74) is 1.82. The normalized spacial score (nSPS) is 15.9. The molecule has 27 heavy (non-hydrogen) atoms. The fraction of sp³-hybridized carbons (Fsp3) is 0.364. The van der Waals surface area contributed by atoms with E-state index < -0.39 is 0 Å². The van der Waals surface area contributed by atoms with Crippen LogP contribution in [0.2, 0.25) is 0 Å². The van der Waals surface area contributed by atoms with Crippen LogP contribution in [0.25, 0.3) is 6.08 Å². The lowest BCUT2D eigenvalue weighted by Gasteiger charge is -2.36. The molecule has 0 atom stereocenters. The Morgan fingerprint density at radius 2 is 2.07 bits per heavy atom. The van der Waals surface area contributed by atoms with Crippen molar-refractivity contribution in [3.05, 3.63) is 71.8 Å². The highest BCUT2D eigenvalue weighted by molar-refractivity contribution is 5.91. The van der Waals surface area contributed by atoms with E-state index in [9.17, 15) is 9.18 Å². The van der Waals surface area contributed by atoms with Crippen molar-refractivity contribution >= 4 is 12.0 Å². The van der Waals surface area contributed by atoms with Crippen molar-refractivity contribution in [2.24, 2.45) is 0 Å². The molecule has 0 saturated carbocycles. The standard InChI is InChI=1S/C22H26FN3O/c1-25(22(27)9-8-18-5-4-6-19(23)17-18)21-11-15-26(16-12-21)14-10-20-7-2-3-13-24-20/h2-9,13,17,21H,10-12,14-16H2,1H3/b9-8+. The fourth-order valence-electron chi connectivity index (χ4n) is 3.42. The number of likely N-dealkylation sites (N-methyl/N-ethyl adjacent to an activating group) is 1. The number of aromatic nitrogens is 1. The average molecular weight is 367 g/mol. The molecule has 2 aromatic rings. The van der Waals surface area contributed by atoms with Gasteiger partial charge in [-0.2, -0.15) is 0 Å². The molecular formula is C22H26FN3O. The van der Waals surface area contributed by atoms with Crippen LogP contribution in [0.5, 0.6) is 0 Å². The molecule has 1 aromatic heterocycles. The number of likely N-dealkylation sites (tertiary alicyclic amines) is 1. The highest BCUT2D eigenvalue weighted by Gasteiger charge is 2.24. The van der Waals surface area contributed by atoms with Crippen LogP contribution in [-0.2, 0) is 11.2 Å². The molecule has 1 aliphatic heterocycles. The van der Waals surface area contributed by atoms with Gasteiger partial charge in [-0.05, 0) is 48.7 Å². The lowest BCUT2D eigenvalue weighted by atomic mass is 10.0. The summed E-state index contributed by atoms with van der Waals surface area (Å²) in [4.78, 5) is 21.0. The molecule has 1 aliphatic rings. The number of nitrogens with zero attached hydrogens (tertiary/aromatic N) is 3. The van der Waals surface area contributed by atoms with E-state index in [1.54, 1.807) is 18.2 Å². The minimum atomic E-state index is -0.295. The quantitative estimate of drug-likeness (QED) is 0.734. The molecule has 0 N–H and O–H groups in total. The zero-order valence-electron chi connectivity index (χ0n) is 15.7. The van der Waals surface area contributed by atoms with Crippen LogP contribution in [0.3, 0.4) is 0 Å². The Morgan fingerprint density at radius 1 is 1.26 bits per heavy atom. The van der Waals surface area contributed by atoms with E-state index in [4.69, 9.17) is 0 Å². The minimum absolute atomic E-state index is 0.0359. The SMILES string of the molecule is CN(C(=O)/C=C/c1cccc(F)c1)C1CCN(CCc2ccccn2)CC1. The number of carbonyl (C=O) groups excluding carboxylic acids is 1. The van der Waals surface area contributed by atoms with Gasteiger partial charge in [-0.15, -0.1) is 0 Å². The van der Waals surface area contributed by atoms with E-state index in [0.29, 0.717) is 5.56 Å². The zero-order valence-corrected chi connectivity index (χ0v) is 15.7. The number of piperidine rings is 1. The Balaban J connectivity index is 1.45. The van der Waals surface area contributed by atoms with Crippen molar-refractivity contribution < 1.29 is 9.18 Å². The second-order valence-electron chi connectivity index (χ2n) is 6.98. The summed E-state index contributed by atoms with van der Waals surface area (Å²) in [5, 5.41) is 0. The average Bonchev–Trinajstić information content (AvgIpc) is 2.71. The van der Waals surface area contributed by atoms with Crippen LogP contribution >= 0.6 is 0 Å². The first-order valence-corrected chi connectivity index (χ1v) is 9.44. The molecule has 0 unspecified atom stereocenters. The lowest BCUT2D eigenvalue weighted by Crippen LogP contribution is -2.45. The Bertz CT molecular complexity index is 770. The third-order valence-corrected chi connectivity index (χ3v) is 5.13. The highest BCUT2D eigenvalue weighted by atomic mass is 19.1. The van der Waals surface area contributed by atoms with Gasteiger partial charge in [0.15, 0.2) is 0 Å². The second-order valence-corrected chi connectivity index (χ2v) is 6.98. The third kappa shape index (κ3) is 5.73. The predicted molar refractivity (Wildman–Crippen MR) is 106 cm³/mol. The molecule has 142 valence electrons. The number of rotatable bonds is 6. The fourth-order valence-corrected chi connectivity index (χ4v) is 3.42. The molecule has 5 heteroatoms. The van der Waals surface area contributed by atoms with Crippen LogP contribution < -0.4 is 0 Å². The van der Waals surface area contributed by atoms with E-state index in [1.165, 1.54) is 18.2 Å². The smallest absolute Gasteiger partial charge is 0.246 e. The lowest BCUT2D eigenvalue weighted by molar-refractivity contribution is -0.127. The van der Waals surface area contributed by atoms with E-state index >= 15 is 0 Å². The maximum atomic E-state index is 13.2. The molecule has 0 aliphatic carbocycles. The van der Waals surface area contributed by atoms with Gasteiger partial charge in [0.2, 0.25) is 5.91 Å². The number of benzene rings is 1. The Labute approximate surface area is 160 Å². The summed E-state index contributed by atoms with van der Waals surface area (Å²) in [6.45, 7) is 2.98. The maximum absolute atomic E-state index is 13.2. The zero-order chi connectivity index (χ0) is 19.1. The van der Waals surface area contributed by atoms with Gasteiger partial charge in [-0.25, -0.2) is 4.39 Å². The van der Waals surface area contributed by atoms with Gasteiger partial charge in [-0.1, -0.05) is 18.2 Å². The summed E-state index contributed by atoms with van der Waals surface area (Å²) in [6.07, 6.45) is 7.93. The van der Waals surface area contributed by atoms with Crippen LogP contribution in [0.1, 0.15) is 24.1 Å². The summed E-state index contributed by atoms with van der Waals surface area (Å²) in [5.74, 6) is -0.331. The van der Waals surface area contributed by atoms with E-state index in [2.05, 4.69) is 16.0 Å². The van der Waals surface area contributed by atoms with Gasteiger partial charge in [-0.3, -0.25) is 9.78 Å². The van der Waals surface area contributed by atoms with Gasteiger partial charge in [0.1, 0.15) is 5.82 Å². The molecule has 0 radical (unpaired) electrons. The van der Waals surface area contributed by atoms with Gasteiger partial charge in [0.25, 0.3) is 0 Å². The molecule has 2 heterocycles. The minimum Gasteiger partial charge on any atom is -0.339 e. The summed E-state index contributed by atoms with van der Waals surface area (Å²) >= 11 is 0. The molecular weight excluding hydrogens is 341 g/mol. The number of hydrogen-bond acceptors (Lipinski definition) is 3. The first-order chi connectivity index (χ1) is 13.1. The second kappa shape index (κ2) is 9.42. The number of hydrogen-bond donors (Lipinski definition) is 0. The van der Waals surface area contributed by atoms with Crippen molar-refractivity contribution in [1.82, 2.24) is 14.8 Å². The molecule has 1 amide bonds. The van der Waals surface area contributed by atoms with Gasteiger partial charge < -0.3 is 9.80 Å². The van der Waals surface area contributed by atoms with Gasteiger partial charge in [0, 0.05) is 57.1 Å². The summed E-state index contributed by atoms with van der Waals surface area (Å²) in [6, 6.07) is 12.5. The van der Waals surface area contributed by atoms with E-state index in [-0.39, 0.29) is 17.8 Å². The first kappa shape index (κ1) is 19.2. The monoisotopic (exact) mass is 367 g/mol. The summed E-state index contributed by atoms with van der Waals surface area (Å²) in [7, 11) is 1.85. The number of carbonyl (C=O) groups is 1. The summed E-state index contributed by atoms with van der Waals surface area (Å²) < 4.78 is 13.2. The van der Waals surface area contributed by atoms with Gasteiger partial charge in [0.05, 0.1) is 0 Å². The van der Waals surface area contributed by atoms with Crippen LogP contribution in [0.4, 0.5) is 4.39 Å². The highest BCUT2D eigenvalue weighted by Crippen LogP contribution is 2.16. The third-order valence-electron chi connectivity index (χ3n) is 5.13. The molecule has 4 nitrogen and oxygen atoms in total. The predicted octanol–water partition coefficient (Wildman–Crippen LogP) is 3.40. The van der Waals surface area contributed by atoms with E-state index in [0.717, 1.165) is 44.6 Å². The van der Waals surface area contributed by atoms with Crippen LogP contribution in [0.15, 0.2) is 54.7 Å². The first-order valence-electron chi connectivity index (χ1n) is 9.44. The number of pyridine rings is 1. The number of amides is 1. The van der Waals surface area contributed by atoms with Crippen molar-refractivity contribution in [3.8, 4) is 0 Å². The Kier molecular flexibility index (Phi) is 6.71. The van der Waals surface area contributed by atoms with Crippen LogP contribution in [0, 0.1) is 5.82 Å². The molecule has 1 aromatic carbocycles. The molecule has 1 fully saturated rings. The maximum Gasteiger partial charge on any atom is 0.246 e. The van der Waals surface area contributed by atoms with Crippen molar-refractivity contribution in [3.63, 3.8) is 0 Å².